The van der Waals surface area contributed by atoms with Gasteiger partial charge in [0.05, 0.1) is 17.8 Å². The maximum atomic E-state index is 12.9. The summed E-state index contributed by atoms with van der Waals surface area (Å²) in [5.41, 5.74) is 0.808. The lowest BCUT2D eigenvalue weighted by molar-refractivity contribution is -0.140. The van der Waals surface area contributed by atoms with E-state index in [4.69, 9.17) is 0 Å². The van der Waals surface area contributed by atoms with Crippen LogP contribution in [-0.4, -0.2) is 26.3 Å². The monoisotopic (exact) mass is 371 g/mol. The van der Waals surface area contributed by atoms with Crippen LogP contribution in [0.3, 0.4) is 0 Å². The van der Waals surface area contributed by atoms with Crippen LogP contribution >= 0.6 is 0 Å². The van der Waals surface area contributed by atoms with Gasteiger partial charge in [-0.15, -0.1) is 0 Å². The molecule has 0 atom stereocenters. The van der Waals surface area contributed by atoms with Gasteiger partial charge in [-0.2, -0.15) is 0 Å². The average Bonchev–Trinajstić information content (AvgIpc) is 3.14. The van der Waals surface area contributed by atoms with Crippen LogP contribution in [0.2, 0.25) is 0 Å². The Balaban J connectivity index is 1.85. The number of carbonyl (C=O) groups excluding carboxylic acids is 1. The standard InChI is InChI=1S/C20H25N3O4/c1-14-18(19(27)23(22(14)2)15-8-4-3-5-9-15)21-16(24)12-20(13-17(25)26)10-6-7-11-20/h3-5,8-9H,6-7,10-13H2,1-2H3,(H,21,24)(H,25,26). The van der Waals surface area contributed by atoms with Crippen LogP contribution in [0.5, 0.6) is 0 Å². The summed E-state index contributed by atoms with van der Waals surface area (Å²) in [6, 6.07) is 9.21. The highest BCUT2D eigenvalue weighted by Crippen LogP contribution is 2.44. The molecule has 1 amide bonds. The molecular weight excluding hydrogens is 346 g/mol. The summed E-state index contributed by atoms with van der Waals surface area (Å²) in [6.45, 7) is 1.78. The number of nitrogens with one attached hydrogen (secondary N) is 1. The molecule has 0 radical (unpaired) electrons. The molecule has 0 saturated heterocycles. The molecule has 2 N–H and O–H groups in total. The van der Waals surface area contributed by atoms with Gasteiger partial charge >= 0.3 is 5.97 Å². The number of anilines is 1. The number of carboxylic acid groups (broad SMARTS) is 1. The third kappa shape index (κ3) is 3.82. The van der Waals surface area contributed by atoms with E-state index in [-0.39, 0.29) is 30.0 Å². The van der Waals surface area contributed by atoms with Gasteiger partial charge in [0.15, 0.2) is 0 Å². The first-order valence-corrected chi connectivity index (χ1v) is 9.19. The van der Waals surface area contributed by atoms with Crippen LogP contribution in [0.25, 0.3) is 5.69 Å². The third-order valence-corrected chi connectivity index (χ3v) is 5.54. The highest BCUT2D eigenvalue weighted by molar-refractivity contribution is 5.92. The number of benzene rings is 1. The Morgan fingerprint density at radius 3 is 2.37 bits per heavy atom. The maximum absolute atomic E-state index is 12.9. The van der Waals surface area contributed by atoms with E-state index in [9.17, 15) is 19.5 Å². The minimum Gasteiger partial charge on any atom is -0.481 e. The topological polar surface area (TPSA) is 93.3 Å². The first kappa shape index (κ1) is 18.9. The maximum Gasteiger partial charge on any atom is 0.303 e. The number of carboxylic acids is 1. The van der Waals surface area contributed by atoms with Crippen LogP contribution in [0.1, 0.15) is 44.2 Å². The molecular formula is C20H25N3O4. The third-order valence-electron chi connectivity index (χ3n) is 5.54. The molecule has 1 fully saturated rings. The summed E-state index contributed by atoms with van der Waals surface area (Å²) in [5, 5.41) is 12.0. The number of amides is 1. The van der Waals surface area contributed by atoms with Crippen molar-refractivity contribution in [3.05, 3.63) is 46.4 Å². The Morgan fingerprint density at radius 1 is 1.15 bits per heavy atom. The van der Waals surface area contributed by atoms with Gasteiger partial charge in [0.25, 0.3) is 5.56 Å². The molecule has 0 bridgehead atoms. The number of aliphatic carboxylic acids is 1. The zero-order valence-corrected chi connectivity index (χ0v) is 15.7. The smallest absolute Gasteiger partial charge is 0.303 e. The van der Waals surface area contributed by atoms with Crippen LogP contribution in [-0.2, 0) is 16.6 Å². The molecule has 1 saturated carbocycles. The molecule has 7 nitrogen and oxygen atoms in total. The molecule has 1 aliphatic carbocycles. The second-order valence-corrected chi connectivity index (χ2v) is 7.44. The van der Waals surface area contributed by atoms with E-state index in [1.54, 1.807) is 18.7 Å². The lowest BCUT2D eigenvalue weighted by Gasteiger charge is -2.26. The van der Waals surface area contributed by atoms with Gasteiger partial charge in [0.1, 0.15) is 5.69 Å². The minimum atomic E-state index is -0.882. The first-order valence-electron chi connectivity index (χ1n) is 9.19. The average molecular weight is 371 g/mol. The molecule has 1 aromatic carbocycles. The number of rotatable bonds is 6. The van der Waals surface area contributed by atoms with Gasteiger partial charge in [-0.1, -0.05) is 31.0 Å². The van der Waals surface area contributed by atoms with E-state index in [2.05, 4.69) is 5.32 Å². The number of nitrogens with zero attached hydrogens (tertiary/aromatic N) is 2. The summed E-state index contributed by atoms with van der Waals surface area (Å²) < 4.78 is 3.21. The lowest BCUT2D eigenvalue weighted by atomic mass is 9.79. The van der Waals surface area contributed by atoms with Crippen LogP contribution < -0.4 is 10.9 Å². The molecule has 144 valence electrons. The second kappa shape index (κ2) is 7.42. The Bertz CT molecular complexity index is 905. The number of hydrogen-bond acceptors (Lipinski definition) is 3. The Hall–Kier alpha value is -2.83. The molecule has 1 aliphatic rings. The van der Waals surface area contributed by atoms with Gasteiger partial charge in [-0.25, -0.2) is 4.68 Å². The molecule has 27 heavy (non-hydrogen) atoms. The van der Waals surface area contributed by atoms with Gasteiger partial charge < -0.3 is 10.4 Å². The number of aromatic nitrogens is 2. The van der Waals surface area contributed by atoms with E-state index >= 15 is 0 Å². The fraction of sp³-hybridized carbons (Fsp3) is 0.450. The molecule has 1 heterocycles. The molecule has 3 rings (SSSR count). The summed E-state index contributed by atoms with van der Waals surface area (Å²) in [5.74, 6) is -1.18. The molecule has 0 aliphatic heterocycles. The second-order valence-electron chi connectivity index (χ2n) is 7.44. The van der Waals surface area contributed by atoms with Crippen molar-refractivity contribution in [3.8, 4) is 5.69 Å². The van der Waals surface area contributed by atoms with Crippen molar-refractivity contribution in [2.45, 2.75) is 45.4 Å². The van der Waals surface area contributed by atoms with Gasteiger partial charge in [-0.05, 0) is 37.3 Å². The van der Waals surface area contributed by atoms with E-state index in [0.717, 1.165) is 25.7 Å². The molecule has 1 aromatic heterocycles. The lowest BCUT2D eigenvalue weighted by Crippen LogP contribution is -2.29. The van der Waals surface area contributed by atoms with Crippen molar-refractivity contribution >= 4 is 17.6 Å². The Kier molecular flexibility index (Phi) is 5.21. The van der Waals surface area contributed by atoms with Crippen molar-refractivity contribution in [1.82, 2.24) is 9.36 Å². The Morgan fingerprint density at radius 2 is 1.78 bits per heavy atom. The van der Waals surface area contributed by atoms with Crippen molar-refractivity contribution in [2.24, 2.45) is 12.5 Å². The predicted octanol–water partition coefficient (Wildman–Crippen LogP) is 2.85. The molecule has 7 heteroatoms. The molecule has 2 aromatic rings. The SMILES string of the molecule is Cc1c(NC(=O)CC2(CC(=O)O)CCCC2)c(=O)n(-c2ccccc2)n1C. The largest absolute Gasteiger partial charge is 0.481 e. The quantitative estimate of drug-likeness (QED) is 0.816. The van der Waals surface area contributed by atoms with Crippen molar-refractivity contribution in [3.63, 3.8) is 0 Å². The normalized spacial score (nSPS) is 15.6. The van der Waals surface area contributed by atoms with Crippen molar-refractivity contribution in [1.29, 1.82) is 0 Å². The van der Waals surface area contributed by atoms with Crippen LogP contribution in [0, 0.1) is 12.3 Å². The number of carbonyl (C=O) groups is 2. The summed E-state index contributed by atoms with van der Waals surface area (Å²) in [6.07, 6.45) is 3.45. The molecule has 0 unspecified atom stereocenters. The number of hydrogen-bond donors (Lipinski definition) is 2. The van der Waals surface area contributed by atoms with Crippen molar-refractivity contribution < 1.29 is 14.7 Å². The van der Waals surface area contributed by atoms with E-state index in [1.165, 1.54) is 4.68 Å². The van der Waals surface area contributed by atoms with E-state index < -0.39 is 11.4 Å². The zero-order valence-electron chi connectivity index (χ0n) is 15.7. The zero-order chi connectivity index (χ0) is 19.6. The minimum absolute atomic E-state index is 0.0115. The highest BCUT2D eigenvalue weighted by atomic mass is 16.4. The van der Waals surface area contributed by atoms with E-state index in [1.807, 2.05) is 30.3 Å². The fourth-order valence-corrected chi connectivity index (χ4v) is 4.10. The van der Waals surface area contributed by atoms with Gasteiger partial charge in [0.2, 0.25) is 5.91 Å². The fourth-order valence-electron chi connectivity index (χ4n) is 4.10. The highest BCUT2D eigenvalue weighted by Gasteiger charge is 2.38. The molecule has 0 spiro atoms. The van der Waals surface area contributed by atoms with Crippen LogP contribution in [0.4, 0.5) is 5.69 Å². The van der Waals surface area contributed by atoms with E-state index in [0.29, 0.717) is 11.4 Å². The predicted molar refractivity (Wildman–Crippen MR) is 102 cm³/mol. The number of para-hydroxylation sites is 1. The van der Waals surface area contributed by atoms with Crippen LogP contribution in [0.15, 0.2) is 35.1 Å². The Labute approximate surface area is 157 Å². The van der Waals surface area contributed by atoms with Crippen molar-refractivity contribution in [2.75, 3.05) is 5.32 Å². The first-order chi connectivity index (χ1) is 12.8. The van der Waals surface area contributed by atoms with Gasteiger partial charge in [-0.3, -0.25) is 19.1 Å². The summed E-state index contributed by atoms with van der Waals surface area (Å²) in [7, 11) is 1.77. The summed E-state index contributed by atoms with van der Waals surface area (Å²) in [4.78, 5) is 36.8. The summed E-state index contributed by atoms with van der Waals surface area (Å²) >= 11 is 0. The van der Waals surface area contributed by atoms with Gasteiger partial charge in [0, 0.05) is 13.5 Å².